The van der Waals surface area contributed by atoms with E-state index in [-0.39, 0.29) is 17.7 Å². The lowest BCUT2D eigenvalue weighted by Crippen LogP contribution is -2.53. The van der Waals surface area contributed by atoms with Gasteiger partial charge in [-0.2, -0.15) is 11.8 Å². The van der Waals surface area contributed by atoms with Crippen molar-refractivity contribution in [1.29, 1.82) is 0 Å². The third-order valence-corrected chi connectivity index (χ3v) is 4.57. The average Bonchev–Trinajstić information content (AvgIpc) is 3.00. The summed E-state index contributed by atoms with van der Waals surface area (Å²) in [6.07, 6.45) is 2.92. The molecule has 23 heavy (non-hydrogen) atoms. The van der Waals surface area contributed by atoms with Crippen LogP contribution in [0.1, 0.15) is 18.4 Å². The monoisotopic (exact) mass is 373 g/mol. The number of aromatic nitrogens is 2. The normalized spacial score (nSPS) is 12.1. The smallest absolute Gasteiger partial charge is 0.277 e. The molecule has 9 heteroatoms. The minimum Gasteiger partial charge on any atom is -0.410 e. The van der Waals surface area contributed by atoms with E-state index < -0.39 is 0 Å². The molecule has 0 saturated carbocycles. The van der Waals surface area contributed by atoms with Gasteiger partial charge in [-0.05, 0) is 30.2 Å². The third kappa shape index (κ3) is 6.06. The molecule has 0 radical (unpaired) electrons. The van der Waals surface area contributed by atoms with E-state index in [0.717, 1.165) is 12.2 Å². The van der Waals surface area contributed by atoms with E-state index in [1.807, 2.05) is 6.26 Å². The summed E-state index contributed by atoms with van der Waals surface area (Å²) in [4.78, 5) is 11.9. The van der Waals surface area contributed by atoms with Crippen LogP contribution in [0.25, 0.3) is 0 Å². The molecular formula is C14H18ClN4O2S2+. The molecule has 0 bridgehead atoms. The number of thioether (sulfide) groups is 2. The van der Waals surface area contributed by atoms with E-state index in [1.165, 1.54) is 11.8 Å². The van der Waals surface area contributed by atoms with Gasteiger partial charge in [-0.1, -0.05) is 29.4 Å². The molecular weight excluding hydrogens is 356 g/mol. The van der Waals surface area contributed by atoms with Crippen molar-refractivity contribution in [1.82, 2.24) is 10.2 Å². The van der Waals surface area contributed by atoms with E-state index in [1.54, 1.807) is 36.0 Å². The van der Waals surface area contributed by atoms with Crippen molar-refractivity contribution >= 4 is 46.7 Å². The second-order valence-electron chi connectivity index (χ2n) is 4.73. The van der Waals surface area contributed by atoms with Gasteiger partial charge in [0.2, 0.25) is 5.91 Å². The van der Waals surface area contributed by atoms with Gasteiger partial charge in [-0.15, -0.1) is 10.2 Å². The standard InChI is InChI=1S/C14H17ClN4O2S2/c1-22-6-5-11(16)13-18-19-14(21-13)23-8-12(20)17-10-4-2-3-9(15)7-10/h2-4,7,11H,5-6,8,16H2,1H3,(H,17,20)/p+1/t11-/m0/s1. The van der Waals surface area contributed by atoms with Crippen molar-refractivity contribution in [3.63, 3.8) is 0 Å². The Morgan fingerprint density at radius 1 is 1.48 bits per heavy atom. The van der Waals surface area contributed by atoms with E-state index in [2.05, 4.69) is 21.2 Å². The highest BCUT2D eigenvalue weighted by atomic mass is 35.5. The molecule has 1 amide bonds. The van der Waals surface area contributed by atoms with Gasteiger partial charge in [0.25, 0.3) is 11.1 Å². The Morgan fingerprint density at radius 2 is 2.30 bits per heavy atom. The first-order chi connectivity index (χ1) is 11.1. The van der Waals surface area contributed by atoms with Gasteiger partial charge in [-0.25, -0.2) is 0 Å². The first kappa shape index (κ1) is 18.1. The number of carbonyl (C=O) groups excluding carboxylic acids is 1. The first-order valence-corrected chi connectivity index (χ1v) is 9.68. The predicted octanol–water partition coefficient (Wildman–Crippen LogP) is 2.49. The van der Waals surface area contributed by atoms with Gasteiger partial charge in [0, 0.05) is 17.1 Å². The van der Waals surface area contributed by atoms with Gasteiger partial charge >= 0.3 is 0 Å². The number of nitrogens with one attached hydrogen (secondary N) is 1. The number of anilines is 1. The summed E-state index contributed by atoms with van der Waals surface area (Å²) in [5.74, 6) is 1.52. The number of rotatable bonds is 8. The Kier molecular flexibility index (Phi) is 7.22. The number of amides is 1. The number of quaternary nitrogens is 1. The van der Waals surface area contributed by atoms with Crippen LogP contribution in [0.5, 0.6) is 0 Å². The Morgan fingerprint density at radius 3 is 3.04 bits per heavy atom. The number of benzene rings is 1. The van der Waals surface area contributed by atoms with Gasteiger partial charge < -0.3 is 15.5 Å². The molecule has 1 aromatic heterocycles. The highest BCUT2D eigenvalue weighted by Crippen LogP contribution is 2.21. The van der Waals surface area contributed by atoms with Crippen LogP contribution < -0.4 is 11.1 Å². The second-order valence-corrected chi connectivity index (χ2v) is 7.08. The summed E-state index contributed by atoms with van der Waals surface area (Å²) in [5.41, 5.74) is 4.66. The molecule has 0 fully saturated rings. The molecule has 0 spiro atoms. The van der Waals surface area contributed by atoms with Crippen LogP contribution in [0.4, 0.5) is 5.69 Å². The fraction of sp³-hybridized carbons (Fsp3) is 0.357. The number of hydrogen-bond donors (Lipinski definition) is 2. The van der Waals surface area contributed by atoms with E-state index in [9.17, 15) is 4.79 Å². The maximum atomic E-state index is 11.9. The molecule has 2 aromatic rings. The van der Waals surface area contributed by atoms with E-state index >= 15 is 0 Å². The highest BCUT2D eigenvalue weighted by Gasteiger charge is 2.18. The van der Waals surface area contributed by atoms with Crippen molar-refractivity contribution in [2.45, 2.75) is 17.7 Å². The summed E-state index contributed by atoms with van der Waals surface area (Å²) >= 11 is 8.82. The van der Waals surface area contributed by atoms with Gasteiger partial charge in [0.05, 0.1) is 5.75 Å². The quantitative estimate of drug-likeness (QED) is 0.690. The van der Waals surface area contributed by atoms with E-state index in [4.69, 9.17) is 16.0 Å². The molecule has 0 unspecified atom stereocenters. The largest absolute Gasteiger partial charge is 0.410 e. The Hall–Kier alpha value is -1.22. The topological polar surface area (TPSA) is 95.7 Å². The van der Waals surface area contributed by atoms with Crippen molar-refractivity contribution in [2.24, 2.45) is 0 Å². The zero-order chi connectivity index (χ0) is 16.7. The number of hydrogen-bond acceptors (Lipinski definition) is 6. The molecule has 4 N–H and O–H groups in total. The maximum Gasteiger partial charge on any atom is 0.277 e. The van der Waals surface area contributed by atoms with Crippen LogP contribution in [0.2, 0.25) is 5.02 Å². The van der Waals surface area contributed by atoms with Crippen LogP contribution in [-0.2, 0) is 4.79 Å². The molecule has 1 aromatic carbocycles. The number of nitrogens with zero attached hydrogens (tertiary/aromatic N) is 2. The molecule has 0 aliphatic carbocycles. The van der Waals surface area contributed by atoms with Gasteiger partial charge in [-0.3, -0.25) is 4.79 Å². The molecule has 0 aliphatic rings. The minimum atomic E-state index is -0.162. The molecule has 0 saturated heterocycles. The molecule has 2 rings (SSSR count). The lowest BCUT2D eigenvalue weighted by atomic mass is 10.2. The number of halogens is 1. The van der Waals surface area contributed by atoms with Gasteiger partial charge in [0.15, 0.2) is 6.04 Å². The molecule has 124 valence electrons. The van der Waals surface area contributed by atoms with Crippen LogP contribution in [0.3, 0.4) is 0 Å². The van der Waals surface area contributed by atoms with Gasteiger partial charge in [0.1, 0.15) is 0 Å². The second kappa shape index (κ2) is 9.17. The lowest BCUT2D eigenvalue weighted by Gasteiger charge is -2.04. The predicted molar refractivity (Wildman–Crippen MR) is 93.7 cm³/mol. The fourth-order valence-corrected chi connectivity index (χ4v) is 3.00. The third-order valence-electron chi connectivity index (χ3n) is 2.88. The van der Waals surface area contributed by atoms with Crippen molar-refractivity contribution < 1.29 is 14.9 Å². The van der Waals surface area contributed by atoms with Crippen LogP contribution in [0, 0.1) is 0 Å². The van der Waals surface area contributed by atoms with Crippen molar-refractivity contribution in [3.05, 3.63) is 35.2 Å². The summed E-state index contributed by atoms with van der Waals surface area (Å²) < 4.78 is 5.53. The summed E-state index contributed by atoms with van der Waals surface area (Å²) in [5, 5.41) is 11.6. The van der Waals surface area contributed by atoms with E-state index in [0.29, 0.717) is 21.8 Å². The number of carbonyl (C=O) groups is 1. The maximum absolute atomic E-state index is 11.9. The minimum absolute atomic E-state index is 0.0235. The van der Waals surface area contributed by atoms with Crippen molar-refractivity contribution in [2.75, 3.05) is 23.1 Å². The zero-order valence-electron chi connectivity index (χ0n) is 12.6. The summed E-state index contributed by atoms with van der Waals surface area (Å²) in [6.45, 7) is 0. The van der Waals surface area contributed by atoms with Crippen LogP contribution >= 0.6 is 35.1 Å². The average molecular weight is 374 g/mol. The Labute approximate surface area is 147 Å². The highest BCUT2D eigenvalue weighted by molar-refractivity contribution is 7.99. The first-order valence-electron chi connectivity index (χ1n) is 6.92. The molecule has 6 nitrogen and oxygen atoms in total. The molecule has 1 heterocycles. The fourth-order valence-electron chi connectivity index (χ4n) is 1.72. The SMILES string of the molecule is CSCC[C@H]([NH3+])c1nnc(SCC(=O)Nc2cccc(Cl)c2)o1. The van der Waals surface area contributed by atoms with Crippen LogP contribution in [-0.4, -0.2) is 33.9 Å². The summed E-state index contributed by atoms with van der Waals surface area (Å²) in [7, 11) is 0. The Bertz CT molecular complexity index is 653. The summed E-state index contributed by atoms with van der Waals surface area (Å²) in [6, 6.07) is 6.97. The molecule has 0 aliphatic heterocycles. The van der Waals surface area contributed by atoms with Crippen molar-refractivity contribution in [3.8, 4) is 0 Å². The Balaban J connectivity index is 1.81. The zero-order valence-corrected chi connectivity index (χ0v) is 15.0. The molecule has 1 atom stereocenters. The van der Waals surface area contributed by atoms with Crippen LogP contribution in [0.15, 0.2) is 33.9 Å². The lowest BCUT2D eigenvalue weighted by molar-refractivity contribution is -0.432.